The van der Waals surface area contributed by atoms with Gasteiger partial charge in [-0.2, -0.15) is 11.8 Å². The van der Waals surface area contributed by atoms with E-state index in [9.17, 15) is 14.4 Å². The fraction of sp³-hybridized carbons (Fsp3) is 0.500. The Bertz CT molecular complexity index is 492. The monoisotopic (exact) mass is 332 g/mol. The third-order valence-electron chi connectivity index (χ3n) is 2.37. The Labute approximate surface area is 130 Å². The number of aliphatic carboxylic acids is 1. The van der Waals surface area contributed by atoms with Crippen LogP contribution in [0.3, 0.4) is 0 Å². The molecular weight excluding hydrogens is 316 g/mol. The number of thioether (sulfide) groups is 1. The molecule has 0 saturated heterocycles. The molecule has 1 aromatic rings. The summed E-state index contributed by atoms with van der Waals surface area (Å²) in [6.45, 7) is 2.04. The molecule has 0 fully saturated rings. The molecule has 1 rings (SSSR count). The van der Waals surface area contributed by atoms with E-state index >= 15 is 0 Å². The fourth-order valence-corrected chi connectivity index (χ4v) is 3.12. The Kier molecular flexibility index (Phi) is 7.76. The summed E-state index contributed by atoms with van der Waals surface area (Å²) in [6, 6.07) is -0.875. The lowest BCUT2D eigenvalue weighted by Gasteiger charge is -2.09. The molecule has 2 N–H and O–H groups in total. The normalized spacial score (nSPS) is 11.7. The van der Waals surface area contributed by atoms with Crippen LogP contribution < -0.4 is 5.32 Å². The zero-order valence-electron chi connectivity index (χ0n) is 11.4. The molecule has 1 atom stereocenters. The number of hydrogen-bond donors (Lipinski definition) is 2. The number of carbonyl (C=O) groups is 3. The van der Waals surface area contributed by atoms with Crippen LogP contribution in [-0.2, 0) is 20.1 Å². The van der Waals surface area contributed by atoms with Crippen molar-refractivity contribution in [2.24, 2.45) is 0 Å². The van der Waals surface area contributed by atoms with Gasteiger partial charge in [0.05, 0.1) is 12.3 Å². The second-order valence-corrected chi connectivity index (χ2v) is 5.84. The average molecular weight is 332 g/mol. The van der Waals surface area contributed by atoms with Crippen molar-refractivity contribution < 1.29 is 24.2 Å². The molecule has 1 heterocycles. The lowest BCUT2D eigenvalue weighted by Crippen LogP contribution is -2.36. The van der Waals surface area contributed by atoms with E-state index in [-0.39, 0.29) is 0 Å². The van der Waals surface area contributed by atoms with Gasteiger partial charge in [-0.05, 0) is 19.1 Å². The molecule has 0 spiro atoms. The minimum atomic E-state index is -1.05. The standard InChI is InChI=1S/C12H16N2O5S2/c1-2-19-12(18)10-14-8(6-21-10)5-20-4-3-9(11(16)17)13-7-15/h6-7,9H,2-5H2,1H3,(H,13,15)(H,16,17). The summed E-state index contributed by atoms with van der Waals surface area (Å²) in [5.74, 6) is -0.353. The molecule has 0 radical (unpaired) electrons. The molecule has 1 aromatic heterocycles. The minimum Gasteiger partial charge on any atom is -0.480 e. The van der Waals surface area contributed by atoms with Crippen molar-refractivity contribution in [3.05, 3.63) is 16.1 Å². The quantitative estimate of drug-likeness (QED) is 0.376. The lowest BCUT2D eigenvalue weighted by molar-refractivity contribution is -0.140. The highest BCUT2D eigenvalue weighted by molar-refractivity contribution is 7.98. The molecule has 0 saturated carbocycles. The van der Waals surface area contributed by atoms with Gasteiger partial charge in [-0.3, -0.25) is 4.79 Å². The topological polar surface area (TPSA) is 106 Å². The number of nitrogens with one attached hydrogen (secondary N) is 1. The van der Waals surface area contributed by atoms with Gasteiger partial charge in [0.1, 0.15) is 6.04 Å². The van der Waals surface area contributed by atoms with Crippen molar-refractivity contribution in [2.75, 3.05) is 12.4 Å². The number of thiazole rings is 1. The molecule has 7 nitrogen and oxygen atoms in total. The number of nitrogens with zero attached hydrogens (tertiary/aromatic N) is 1. The largest absolute Gasteiger partial charge is 0.480 e. The first-order valence-corrected chi connectivity index (χ1v) is 8.23. The van der Waals surface area contributed by atoms with E-state index < -0.39 is 18.0 Å². The number of carbonyl (C=O) groups excluding carboxylic acids is 2. The molecule has 116 valence electrons. The number of carboxylic acids is 1. The van der Waals surface area contributed by atoms with Gasteiger partial charge in [-0.15, -0.1) is 11.3 Å². The number of esters is 1. The second kappa shape index (κ2) is 9.35. The van der Waals surface area contributed by atoms with Crippen LogP contribution >= 0.6 is 23.1 Å². The number of ether oxygens (including phenoxy) is 1. The van der Waals surface area contributed by atoms with Crippen LogP contribution in [-0.4, -0.2) is 46.8 Å². The van der Waals surface area contributed by atoms with Crippen LogP contribution in [0.1, 0.15) is 28.8 Å². The van der Waals surface area contributed by atoms with E-state index in [1.165, 1.54) is 23.1 Å². The summed E-state index contributed by atoms with van der Waals surface area (Å²) in [5.41, 5.74) is 0.753. The highest BCUT2D eigenvalue weighted by Crippen LogP contribution is 2.17. The summed E-state index contributed by atoms with van der Waals surface area (Å²) in [4.78, 5) is 36.6. The summed E-state index contributed by atoms with van der Waals surface area (Å²) >= 11 is 2.71. The Morgan fingerprint density at radius 3 is 3.00 bits per heavy atom. The number of carboxylic acid groups (broad SMARTS) is 1. The SMILES string of the molecule is CCOC(=O)c1nc(CSCCC(NC=O)C(=O)O)cs1. The molecule has 0 aliphatic carbocycles. The first-order valence-electron chi connectivity index (χ1n) is 6.20. The molecule has 1 unspecified atom stereocenters. The van der Waals surface area contributed by atoms with Crippen molar-refractivity contribution in [3.63, 3.8) is 0 Å². The van der Waals surface area contributed by atoms with E-state index in [0.29, 0.717) is 36.0 Å². The molecule has 21 heavy (non-hydrogen) atoms. The van der Waals surface area contributed by atoms with Crippen LogP contribution in [0.2, 0.25) is 0 Å². The van der Waals surface area contributed by atoms with Gasteiger partial charge in [0.25, 0.3) is 0 Å². The second-order valence-electron chi connectivity index (χ2n) is 3.88. The van der Waals surface area contributed by atoms with Gasteiger partial charge in [0, 0.05) is 11.1 Å². The maximum atomic E-state index is 11.4. The van der Waals surface area contributed by atoms with Crippen LogP contribution in [0.4, 0.5) is 0 Å². The fourth-order valence-electron chi connectivity index (χ4n) is 1.40. The van der Waals surface area contributed by atoms with E-state index in [1.54, 1.807) is 12.3 Å². The minimum absolute atomic E-state index is 0.308. The van der Waals surface area contributed by atoms with Crippen molar-refractivity contribution in [1.82, 2.24) is 10.3 Å². The molecule has 0 bridgehead atoms. The van der Waals surface area contributed by atoms with Gasteiger partial charge in [-0.1, -0.05) is 0 Å². The molecule has 0 aliphatic rings. The van der Waals surface area contributed by atoms with Gasteiger partial charge < -0.3 is 15.2 Å². The van der Waals surface area contributed by atoms with E-state index in [0.717, 1.165) is 5.69 Å². The third-order valence-corrected chi connectivity index (χ3v) is 4.27. The van der Waals surface area contributed by atoms with Gasteiger partial charge in [0.15, 0.2) is 0 Å². The van der Waals surface area contributed by atoms with Crippen molar-refractivity contribution in [2.45, 2.75) is 25.1 Å². The van der Waals surface area contributed by atoms with Gasteiger partial charge in [-0.25, -0.2) is 14.6 Å². The molecule has 9 heteroatoms. The Hall–Kier alpha value is -1.61. The van der Waals surface area contributed by atoms with Crippen LogP contribution in [0.15, 0.2) is 5.38 Å². The van der Waals surface area contributed by atoms with Crippen LogP contribution in [0.25, 0.3) is 0 Å². The first-order chi connectivity index (χ1) is 10.1. The predicted molar refractivity (Wildman–Crippen MR) is 79.5 cm³/mol. The highest BCUT2D eigenvalue weighted by Gasteiger charge is 2.16. The Balaban J connectivity index is 2.34. The van der Waals surface area contributed by atoms with Crippen LogP contribution in [0.5, 0.6) is 0 Å². The molecule has 0 aliphatic heterocycles. The Morgan fingerprint density at radius 2 is 2.38 bits per heavy atom. The van der Waals surface area contributed by atoms with E-state index in [4.69, 9.17) is 9.84 Å². The maximum absolute atomic E-state index is 11.4. The number of aromatic nitrogens is 1. The van der Waals surface area contributed by atoms with E-state index in [1.807, 2.05) is 0 Å². The number of amides is 1. The van der Waals surface area contributed by atoms with Crippen molar-refractivity contribution in [1.29, 1.82) is 0 Å². The average Bonchev–Trinajstić information content (AvgIpc) is 2.91. The summed E-state index contributed by atoms with van der Waals surface area (Å²) in [7, 11) is 0. The van der Waals surface area contributed by atoms with Crippen molar-refractivity contribution >= 4 is 41.4 Å². The lowest BCUT2D eigenvalue weighted by atomic mass is 10.2. The first kappa shape index (κ1) is 17.4. The highest BCUT2D eigenvalue weighted by atomic mass is 32.2. The zero-order chi connectivity index (χ0) is 15.7. The maximum Gasteiger partial charge on any atom is 0.367 e. The predicted octanol–water partition coefficient (Wildman–Crippen LogP) is 1.14. The summed E-state index contributed by atoms with van der Waals surface area (Å²) in [5, 5.41) is 13.2. The summed E-state index contributed by atoms with van der Waals surface area (Å²) in [6.07, 6.45) is 0.711. The third kappa shape index (κ3) is 6.13. The smallest absolute Gasteiger partial charge is 0.367 e. The molecule has 1 amide bonds. The van der Waals surface area contributed by atoms with E-state index in [2.05, 4.69) is 10.3 Å². The Morgan fingerprint density at radius 1 is 1.62 bits per heavy atom. The van der Waals surface area contributed by atoms with Gasteiger partial charge in [0.2, 0.25) is 11.4 Å². The van der Waals surface area contributed by atoms with Crippen LogP contribution in [0, 0.1) is 0 Å². The number of hydrogen-bond acceptors (Lipinski definition) is 7. The summed E-state index contributed by atoms with van der Waals surface area (Å²) < 4.78 is 4.85. The number of rotatable bonds is 10. The van der Waals surface area contributed by atoms with Crippen molar-refractivity contribution in [3.8, 4) is 0 Å². The molecule has 0 aromatic carbocycles. The molecular formula is C12H16N2O5S2. The van der Waals surface area contributed by atoms with Gasteiger partial charge >= 0.3 is 11.9 Å². The zero-order valence-corrected chi connectivity index (χ0v) is 13.0.